The molecule has 1 fully saturated rings. The first-order chi connectivity index (χ1) is 14.0. The number of likely N-dealkylation sites (tertiary alicyclic amines) is 1. The van der Waals surface area contributed by atoms with Crippen molar-refractivity contribution >= 4 is 17.2 Å². The summed E-state index contributed by atoms with van der Waals surface area (Å²) >= 11 is 1.64. The second-order valence-corrected chi connectivity index (χ2v) is 9.48. The molecule has 0 radical (unpaired) electrons. The molecule has 29 heavy (non-hydrogen) atoms. The molecule has 2 aliphatic heterocycles. The summed E-state index contributed by atoms with van der Waals surface area (Å²) in [4.78, 5) is 34.2. The van der Waals surface area contributed by atoms with Crippen LogP contribution in [0.1, 0.15) is 54.8 Å². The van der Waals surface area contributed by atoms with Crippen LogP contribution < -0.4 is 5.56 Å². The molecule has 2 aromatic heterocycles. The van der Waals surface area contributed by atoms with Gasteiger partial charge in [0.1, 0.15) is 5.01 Å². The maximum atomic E-state index is 13.2. The number of unbranched alkanes of at least 4 members (excludes halogenated alkanes) is 1. The minimum atomic E-state index is 0.133. The minimum absolute atomic E-state index is 0.133. The van der Waals surface area contributed by atoms with E-state index in [1.165, 1.54) is 0 Å². The lowest BCUT2D eigenvalue weighted by Crippen LogP contribution is -2.49. The summed E-state index contributed by atoms with van der Waals surface area (Å²) < 4.78 is 1.99. The third-order valence-electron chi connectivity index (χ3n) is 6.11. The van der Waals surface area contributed by atoms with E-state index in [2.05, 4.69) is 22.9 Å². The zero-order chi connectivity index (χ0) is 20.4. The Kier molecular flexibility index (Phi) is 6.15. The zero-order valence-electron chi connectivity index (χ0n) is 17.3. The fraction of sp³-hybridized carbons (Fsp3) is 0.591. The lowest BCUT2D eigenvalue weighted by molar-refractivity contribution is -0.134. The van der Waals surface area contributed by atoms with Crippen LogP contribution in [0.3, 0.4) is 0 Å². The Bertz CT molecular complexity index is 908. The van der Waals surface area contributed by atoms with Gasteiger partial charge in [0.2, 0.25) is 5.91 Å². The van der Waals surface area contributed by atoms with E-state index >= 15 is 0 Å². The van der Waals surface area contributed by atoms with Gasteiger partial charge in [-0.1, -0.05) is 19.4 Å². The fourth-order valence-electron chi connectivity index (χ4n) is 4.71. The molecule has 0 saturated carbocycles. The number of amides is 1. The van der Waals surface area contributed by atoms with Crippen molar-refractivity contribution in [3.8, 4) is 0 Å². The molecule has 2 aliphatic rings. The number of aromatic nitrogens is 2. The third kappa shape index (κ3) is 4.46. The quantitative estimate of drug-likeness (QED) is 0.699. The van der Waals surface area contributed by atoms with Crippen molar-refractivity contribution in [2.45, 2.75) is 58.2 Å². The molecule has 0 N–H and O–H groups in total. The van der Waals surface area contributed by atoms with Crippen molar-refractivity contribution in [2.75, 3.05) is 20.1 Å². The van der Waals surface area contributed by atoms with Crippen LogP contribution >= 0.6 is 11.3 Å². The number of fused-ring (bicyclic) bond motifs is 4. The Morgan fingerprint density at radius 2 is 2.14 bits per heavy atom. The van der Waals surface area contributed by atoms with Crippen LogP contribution in [0, 0.1) is 5.92 Å². The van der Waals surface area contributed by atoms with Crippen LogP contribution in [-0.4, -0.2) is 45.4 Å². The number of hydrogen-bond acceptors (Lipinski definition) is 5. The van der Waals surface area contributed by atoms with E-state index in [4.69, 9.17) is 0 Å². The predicted octanol–water partition coefficient (Wildman–Crippen LogP) is 3.07. The van der Waals surface area contributed by atoms with E-state index in [1.807, 2.05) is 34.2 Å². The van der Waals surface area contributed by atoms with E-state index in [0.717, 1.165) is 61.7 Å². The van der Waals surface area contributed by atoms with Gasteiger partial charge in [0.25, 0.3) is 5.56 Å². The van der Waals surface area contributed by atoms with Gasteiger partial charge in [-0.25, -0.2) is 4.98 Å². The van der Waals surface area contributed by atoms with E-state index in [9.17, 15) is 9.59 Å². The van der Waals surface area contributed by atoms with Gasteiger partial charge in [0.15, 0.2) is 0 Å². The molecule has 0 aliphatic carbocycles. The molecule has 156 valence electrons. The first-order valence-electron chi connectivity index (χ1n) is 10.6. The van der Waals surface area contributed by atoms with Crippen LogP contribution in [0.15, 0.2) is 28.5 Å². The Balaban J connectivity index is 1.48. The van der Waals surface area contributed by atoms with Crippen LogP contribution in [-0.2, 0) is 24.4 Å². The maximum Gasteiger partial charge on any atom is 0.255 e. The number of piperidine rings is 1. The maximum absolute atomic E-state index is 13.2. The number of nitrogens with zero attached hydrogens (tertiary/aromatic N) is 4. The van der Waals surface area contributed by atoms with Gasteiger partial charge in [-0.2, -0.15) is 0 Å². The molecule has 4 heterocycles. The molecule has 0 unspecified atom stereocenters. The number of carbonyl (C=O) groups excluding carboxylic acids is 1. The second-order valence-electron chi connectivity index (χ2n) is 8.50. The molecule has 0 spiro atoms. The number of carbonyl (C=O) groups is 1. The average molecular weight is 415 g/mol. The summed E-state index contributed by atoms with van der Waals surface area (Å²) in [5.41, 5.74) is 2.07. The molecule has 7 heteroatoms. The lowest BCUT2D eigenvalue weighted by Gasteiger charge is -2.43. The van der Waals surface area contributed by atoms with Crippen molar-refractivity contribution in [1.82, 2.24) is 19.4 Å². The van der Waals surface area contributed by atoms with Crippen LogP contribution in [0.2, 0.25) is 0 Å². The molecular weight excluding hydrogens is 384 g/mol. The summed E-state index contributed by atoms with van der Waals surface area (Å²) in [5.74, 6) is 0.938. The van der Waals surface area contributed by atoms with Crippen LogP contribution in [0.25, 0.3) is 0 Å². The summed E-state index contributed by atoms with van der Waals surface area (Å²) in [7, 11) is 2.03. The normalized spacial score (nSPS) is 20.7. The molecule has 2 aromatic rings. The van der Waals surface area contributed by atoms with Crippen LogP contribution in [0.5, 0.6) is 0 Å². The Morgan fingerprint density at radius 3 is 2.90 bits per heavy atom. The molecule has 1 amide bonds. The highest BCUT2D eigenvalue weighted by Crippen LogP contribution is 2.35. The lowest BCUT2D eigenvalue weighted by atomic mass is 9.82. The van der Waals surface area contributed by atoms with E-state index in [-0.39, 0.29) is 17.4 Å². The van der Waals surface area contributed by atoms with Gasteiger partial charge in [-0.05, 0) is 31.9 Å². The van der Waals surface area contributed by atoms with E-state index in [0.29, 0.717) is 18.9 Å². The van der Waals surface area contributed by atoms with E-state index < -0.39 is 0 Å². The van der Waals surface area contributed by atoms with E-state index in [1.54, 1.807) is 11.3 Å². The van der Waals surface area contributed by atoms with Gasteiger partial charge >= 0.3 is 0 Å². The number of rotatable bonds is 7. The topological polar surface area (TPSA) is 58.4 Å². The van der Waals surface area contributed by atoms with Gasteiger partial charge < -0.3 is 9.47 Å². The Morgan fingerprint density at radius 1 is 1.28 bits per heavy atom. The standard InChI is InChI=1S/C22H30N4O2S/c1-3-4-5-21(27)25-11-16-10-18(14-25)19-7-6-17(22(28)26(19)12-16)13-24(2)15-20-23-8-9-29-20/h6-9,16,18H,3-5,10-15H2,1-2H3/t16-,18+/m0/s1. The van der Waals surface area contributed by atoms with Gasteiger partial charge in [-0.15, -0.1) is 11.3 Å². The highest BCUT2D eigenvalue weighted by Gasteiger charge is 2.36. The largest absolute Gasteiger partial charge is 0.342 e. The molecule has 4 rings (SSSR count). The number of thiazole rings is 1. The first kappa shape index (κ1) is 20.3. The highest BCUT2D eigenvalue weighted by molar-refractivity contribution is 7.09. The molecule has 2 atom stereocenters. The van der Waals surface area contributed by atoms with Crippen molar-refractivity contribution in [1.29, 1.82) is 0 Å². The molecule has 0 aromatic carbocycles. The van der Waals surface area contributed by atoms with Crippen molar-refractivity contribution in [3.05, 3.63) is 50.3 Å². The summed E-state index contributed by atoms with van der Waals surface area (Å²) in [6.45, 7) is 5.76. The Hall–Kier alpha value is -1.99. The summed E-state index contributed by atoms with van der Waals surface area (Å²) in [6, 6.07) is 4.11. The molecular formula is C22H30N4O2S. The Labute approximate surface area is 176 Å². The van der Waals surface area contributed by atoms with Crippen LogP contribution in [0.4, 0.5) is 0 Å². The van der Waals surface area contributed by atoms with Gasteiger partial charge in [-0.3, -0.25) is 14.5 Å². The smallest absolute Gasteiger partial charge is 0.255 e. The molecule has 1 saturated heterocycles. The fourth-order valence-corrected chi connectivity index (χ4v) is 5.41. The SMILES string of the molecule is CCCCC(=O)N1C[C@@H]2C[C@H](C1)c1ccc(CN(C)Cc3nccs3)c(=O)n1C2. The first-order valence-corrected chi connectivity index (χ1v) is 11.5. The summed E-state index contributed by atoms with van der Waals surface area (Å²) in [5, 5.41) is 3.04. The number of pyridine rings is 1. The molecule has 6 nitrogen and oxygen atoms in total. The highest BCUT2D eigenvalue weighted by atomic mass is 32.1. The van der Waals surface area contributed by atoms with Crippen molar-refractivity contribution < 1.29 is 4.79 Å². The molecule has 2 bridgehead atoms. The van der Waals surface area contributed by atoms with Crippen molar-refractivity contribution in [2.24, 2.45) is 5.92 Å². The van der Waals surface area contributed by atoms with Crippen molar-refractivity contribution in [3.63, 3.8) is 0 Å². The van der Waals surface area contributed by atoms with Gasteiger partial charge in [0, 0.05) is 61.4 Å². The predicted molar refractivity (Wildman–Crippen MR) is 115 cm³/mol. The zero-order valence-corrected chi connectivity index (χ0v) is 18.2. The average Bonchev–Trinajstić information content (AvgIpc) is 3.21. The summed E-state index contributed by atoms with van der Waals surface area (Å²) in [6.07, 6.45) is 5.55. The van der Waals surface area contributed by atoms with Gasteiger partial charge in [0.05, 0.1) is 6.54 Å². The third-order valence-corrected chi connectivity index (χ3v) is 6.87. The second kappa shape index (κ2) is 8.79. The minimum Gasteiger partial charge on any atom is -0.342 e. The number of hydrogen-bond donors (Lipinski definition) is 0. The monoisotopic (exact) mass is 414 g/mol.